The second kappa shape index (κ2) is 6.05. The van der Waals surface area contributed by atoms with Crippen molar-refractivity contribution >= 4 is 11.6 Å². The van der Waals surface area contributed by atoms with Gasteiger partial charge >= 0.3 is 0 Å². The van der Waals surface area contributed by atoms with Crippen molar-refractivity contribution in [2.75, 3.05) is 18.0 Å². The van der Waals surface area contributed by atoms with Crippen LogP contribution in [0.4, 0.5) is 5.69 Å². The third kappa shape index (κ3) is 2.76. The summed E-state index contributed by atoms with van der Waals surface area (Å²) >= 11 is 0. The standard InChI is InChI=1S/C16H19N3/c1-3-5-9-14(4-2)18-12-13-19(16(18)17)15-10-7-6-8-11-15/h3-11,17H,1,12-13H2,2H3/b9-5-,14-4+,17-16?. The molecule has 3 heteroatoms. The van der Waals surface area contributed by atoms with Crippen molar-refractivity contribution in [3.05, 3.63) is 66.9 Å². The number of benzene rings is 1. The average Bonchev–Trinajstić information content (AvgIpc) is 2.83. The zero-order valence-electron chi connectivity index (χ0n) is 11.2. The van der Waals surface area contributed by atoms with Crippen molar-refractivity contribution < 1.29 is 0 Å². The normalized spacial score (nSPS) is 16.5. The maximum Gasteiger partial charge on any atom is 0.202 e. The summed E-state index contributed by atoms with van der Waals surface area (Å²) in [5, 5.41) is 8.32. The summed E-state index contributed by atoms with van der Waals surface area (Å²) in [6.45, 7) is 7.33. The number of anilines is 1. The lowest BCUT2D eigenvalue weighted by molar-refractivity contribution is 0.582. The Hall–Kier alpha value is -2.29. The van der Waals surface area contributed by atoms with Gasteiger partial charge in [0.1, 0.15) is 0 Å². The van der Waals surface area contributed by atoms with Gasteiger partial charge in [0.25, 0.3) is 0 Å². The largest absolute Gasteiger partial charge is 0.311 e. The molecule has 0 aromatic heterocycles. The first-order chi connectivity index (χ1) is 9.27. The second-order valence-electron chi connectivity index (χ2n) is 4.27. The Balaban J connectivity index is 2.18. The molecule has 3 nitrogen and oxygen atoms in total. The Kier molecular flexibility index (Phi) is 4.18. The van der Waals surface area contributed by atoms with Crippen LogP contribution in [0.5, 0.6) is 0 Å². The molecule has 98 valence electrons. The van der Waals surface area contributed by atoms with Gasteiger partial charge in [-0.25, -0.2) is 0 Å². The minimum absolute atomic E-state index is 0.521. The lowest BCUT2D eigenvalue weighted by Crippen LogP contribution is -2.31. The summed E-state index contributed by atoms with van der Waals surface area (Å²) in [5.41, 5.74) is 2.10. The smallest absolute Gasteiger partial charge is 0.202 e. The van der Waals surface area contributed by atoms with Gasteiger partial charge in [-0.3, -0.25) is 5.41 Å². The van der Waals surface area contributed by atoms with Crippen LogP contribution >= 0.6 is 0 Å². The molecule has 0 unspecified atom stereocenters. The van der Waals surface area contributed by atoms with Crippen molar-refractivity contribution in [2.24, 2.45) is 0 Å². The van der Waals surface area contributed by atoms with E-state index in [2.05, 4.69) is 6.58 Å². The number of guanidine groups is 1. The van der Waals surface area contributed by atoms with Crippen molar-refractivity contribution in [3.8, 4) is 0 Å². The van der Waals surface area contributed by atoms with E-state index in [1.807, 2.05) is 65.3 Å². The lowest BCUT2D eigenvalue weighted by atomic mass is 10.3. The molecule has 1 heterocycles. The maximum absolute atomic E-state index is 8.32. The van der Waals surface area contributed by atoms with Crippen LogP contribution in [0.25, 0.3) is 0 Å². The van der Waals surface area contributed by atoms with E-state index < -0.39 is 0 Å². The number of allylic oxidation sites excluding steroid dienone is 4. The molecule has 19 heavy (non-hydrogen) atoms. The topological polar surface area (TPSA) is 30.3 Å². The van der Waals surface area contributed by atoms with E-state index in [4.69, 9.17) is 5.41 Å². The molecule has 1 aromatic rings. The lowest BCUT2D eigenvalue weighted by Gasteiger charge is -2.22. The molecule has 1 aliphatic rings. The van der Waals surface area contributed by atoms with Gasteiger partial charge in [0.05, 0.1) is 0 Å². The number of hydrogen-bond acceptors (Lipinski definition) is 1. The number of nitrogens with one attached hydrogen (secondary N) is 1. The fourth-order valence-electron chi connectivity index (χ4n) is 2.18. The summed E-state index contributed by atoms with van der Waals surface area (Å²) in [5.74, 6) is 0.521. The van der Waals surface area contributed by atoms with E-state index in [9.17, 15) is 0 Å². The quantitative estimate of drug-likeness (QED) is 0.834. The molecule has 1 saturated heterocycles. The minimum atomic E-state index is 0.521. The molecule has 1 fully saturated rings. The summed E-state index contributed by atoms with van der Waals surface area (Å²) in [6.07, 6.45) is 7.64. The Morgan fingerprint density at radius 2 is 2.00 bits per heavy atom. The van der Waals surface area contributed by atoms with Crippen LogP contribution < -0.4 is 4.90 Å². The fourth-order valence-corrected chi connectivity index (χ4v) is 2.18. The predicted octanol–water partition coefficient (Wildman–Crippen LogP) is 3.39. The Morgan fingerprint density at radius 3 is 2.63 bits per heavy atom. The first-order valence-electron chi connectivity index (χ1n) is 6.42. The van der Waals surface area contributed by atoms with E-state index in [0.717, 1.165) is 24.5 Å². The molecule has 0 bridgehead atoms. The van der Waals surface area contributed by atoms with Gasteiger partial charge in [-0.2, -0.15) is 0 Å². The molecule has 0 atom stereocenters. The zero-order valence-corrected chi connectivity index (χ0v) is 11.2. The highest BCUT2D eigenvalue weighted by Crippen LogP contribution is 2.22. The van der Waals surface area contributed by atoms with Gasteiger partial charge in [0, 0.05) is 24.5 Å². The van der Waals surface area contributed by atoms with Crippen LogP contribution in [-0.4, -0.2) is 23.9 Å². The van der Waals surface area contributed by atoms with E-state index in [-0.39, 0.29) is 0 Å². The highest BCUT2D eigenvalue weighted by molar-refractivity contribution is 5.97. The second-order valence-corrected chi connectivity index (χ2v) is 4.27. The molecule has 0 saturated carbocycles. The van der Waals surface area contributed by atoms with Gasteiger partial charge in [-0.15, -0.1) is 0 Å². The third-order valence-electron chi connectivity index (χ3n) is 3.14. The highest BCUT2D eigenvalue weighted by Gasteiger charge is 2.27. The highest BCUT2D eigenvalue weighted by atomic mass is 15.4. The fraction of sp³-hybridized carbons (Fsp3) is 0.188. The third-order valence-corrected chi connectivity index (χ3v) is 3.14. The number of para-hydroxylation sites is 1. The van der Waals surface area contributed by atoms with Crippen LogP contribution in [0.1, 0.15) is 6.92 Å². The van der Waals surface area contributed by atoms with Gasteiger partial charge in [-0.1, -0.05) is 43.0 Å². The monoisotopic (exact) mass is 253 g/mol. The van der Waals surface area contributed by atoms with E-state index in [1.165, 1.54) is 0 Å². The van der Waals surface area contributed by atoms with Crippen LogP contribution in [0.2, 0.25) is 0 Å². The number of nitrogens with zero attached hydrogens (tertiary/aromatic N) is 2. The van der Waals surface area contributed by atoms with E-state index >= 15 is 0 Å². The maximum atomic E-state index is 8.32. The molecule has 1 N–H and O–H groups in total. The summed E-state index contributed by atoms with van der Waals surface area (Å²) in [7, 11) is 0. The summed E-state index contributed by atoms with van der Waals surface area (Å²) in [4.78, 5) is 4.03. The molecule has 2 rings (SSSR count). The summed E-state index contributed by atoms with van der Waals surface area (Å²) in [6, 6.07) is 10.1. The SMILES string of the molecule is C=C/C=C\C(=C/C)N1CCN(c2ccccc2)C1=N. The van der Waals surface area contributed by atoms with E-state index in [1.54, 1.807) is 6.08 Å². The van der Waals surface area contributed by atoms with Gasteiger partial charge in [0.2, 0.25) is 5.96 Å². The van der Waals surface area contributed by atoms with Crippen molar-refractivity contribution in [1.29, 1.82) is 5.41 Å². The van der Waals surface area contributed by atoms with Gasteiger partial charge in [-0.05, 0) is 25.1 Å². The molecule has 0 amide bonds. The zero-order chi connectivity index (χ0) is 13.7. The Labute approximate surface area is 114 Å². The van der Waals surface area contributed by atoms with Crippen molar-refractivity contribution in [3.63, 3.8) is 0 Å². The molecular formula is C16H19N3. The van der Waals surface area contributed by atoms with Crippen LogP contribution in [-0.2, 0) is 0 Å². The van der Waals surface area contributed by atoms with Crippen LogP contribution in [0, 0.1) is 5.41 Å². The van der Waals surface area contributed by atoms with Crippen LogP contribution in [0.3, 0.4) is 0 Å². The number of rotatable bonds is 4. The molecule has 0 aliphatic carbocycles. The van der Waals surface area contributed by atoms with Crippen LogP contribution in [0.15, 0.2) is 66.9 Å². The Morgan fingerprint density at radius 1 is 1.26 bits per heavy atom. The van der Waals surface area contributed by atoms with Crippen molar-refractivity contribution in [1.82, 2.24) is 4.90 Å². The van der Waals surface area contributed by atoms with Gasteiger partial charge in [0.15, 0.2) is 0 Å². The summed E-state index contributed by atoms with van der Waals surface area (Å²) < 4.78 is 0. The molecule has 0 radical (unpaired) electrons. The predicted molar refractivity (Wildman–Crippen MR) is 81.3 cm³/mol. The first-order valence-corrected chi connectivity index (χ1v) is 6.42. The minimum Gasteiger partial charge on any atom is -0.311 e. The van der Waals surface area contributed by atoms with Crippen molar-refractivity contribution in [2.45, 2.75) is 6.92 Å². The first kappa shape index (κ1) is 13.1. The number of hydrogen-bond donors (Lipinski definition) is 1. The molecule has 1 aromatic carbocycles. The van der Waals surface area contributed by atoms with Gasteiger partial charge < -0.3 is 9.80 Å². The molecule has 1 aliphatic heterocycles. The van der Waals surface area contributed by atoms with E-state index in [0.29, 0.717) is 5.96 Å². The Bertz CT molecular complexity index is 514. The molecular weight excluding hydrogens is 234 g/mol. The molecule has 0 spiro atoms. The average molecular weight is 253 g/mol.